The van der Waals surface area contributed by atoms with Crippen molar-refractivity contribution in [3.05, 3.63) is 23.0 Å². The number of nitrogens with one attached hydrogen (secondary N) is 1. The number of aliphatic hydroxyl groups excluding tert-OH is 1. The Morgan fingerprint density at radius 3 is 2.84 bits per heavy atom. The normalized spacial score (nSPS) is 14.2. The van der Waals surface area contributed by atoms with Crippen LogP contribution in [0.15, 0.2) is 12.3 Å². The Labute approximate surface area is 123 Å². The van der Waals surface area contributed by atoms with E-state index in [0.29, 0.717) is 10.7 Å². The summed E-state index contributed by atoms with van der Waals surface area (Å²) in [5.41, 5.74) is 0.566. The third-order valence-corrected chi connectivity index (χ3v) is 4.33. The van der Waals surface area contributed by atoms with Gasteiger partial charge in [-0.05, 0) is 25.7 Å². The molecule has 0 spiro atoms. The molecule has 0 radical (unpaired) electrons. The van der Waals surface area contributed by atoms with E-state index in [2.05, 4.69) is 5.32 Å². The average Bonchev–Trinajstić information content (AvgIpc) is 2.72. The molecule has 1 aromatic rings. The Morgan fingerprint density at radius 1 is 1.63 bits per heavy atom. The first-order chi connectivity index (χ1) is 9.03. The van der Waals surface area contributed by atoms with Gasteiger partial charge in [-0.2, -0.15) is 11.8 Å². The molecule has 0 aromatic carbocycles. The lowest BCUT2D eigenvalue weighted by molar-refractivity contribution is 0.0926. The van der Waals surface area contributed by atoms with Gasteiger partial charge in [-0.25, -0.2) is 0 Å². The van der Waals surface area contributed by atoms with Gasteiger partial charge in [0.05, 0.1) is 11.6 Å². The van der Waals surface area contributed by atoms with Crippen LogP contribution >= 0.6 is 23.4 Å². The van der Waals surface area contributed by atoms with E-state index in [0.717, 1.165) is 13.0 Å². The zero-order chi connectivity index (χ0) is 14.4. The number of rotatable bonds is 7. The minimum Gasteiger partial charge on any atom is -0.395 e. The van der Waals surface area contributed by atoms with E-state index >= 15 is 0 Å². The summed E-state index contributed by atoms with van der Waals surface area (Å²) in [6.45, 7) is 4.74. The lowest BCUT2D eigenvalue weighted by Gasteiger charge is -2.21. The van der Waals surface area contributed by atoms with Crippen molar-refractivity contribution in [2.45, 2.75) is 38.1 Å². The monoisotopic (exact) mass is 304 g/mol. The highest BCUT2D eigenvalue weighted by atomic mass is 35.5. The maximum atomic E-state index is 12.2. The van der Waals surface area contributed by atoms with Gasteiger partial charge in [-0.1, -0.05) is 18.5 Å². The number of hydrogen-bond donors (Lipinski definition) is 2. The van der Waals surface area contributed by atoms with E-state index in [-0.39, 0.29) is 23.8 Å². The predicted octanol–water partition coefficient (Wildman–Crippen LogP) is 2.39. The van der Waals surface area contributed by atoms with Crippen molar-refractivity contribution >= 4 is 29.3 Å². The second-order valence-corrected chi connectivity index (χ2v) is 5.97. The molecule has 1 rings (SSSR count). The van der Waals surface area contributed by atoms with E-state index in [1.165, 1.54) is 11.8 Å². The molecule has 0 fully saturated rings. The molecule has 108 valence electrons. The van der Waals surface area contributed by atoms with Crippen molar-refractivity contribution in [2.24, 2.45) is 0 Å². The van der Waals surface area contributed by atoms with Gasteiger partial charge < -0.3 is 15.0 Å². The molecule has 2 atom stereocenters. The second kappa shape index (κ2) is 7.82. The zero-order valence-electron chi connectivity index (χ0n) is 11.5. The molecule has 2 unspecified atom stereocenters. The lowest BCUT2D eigenvalue weighted by atomic mass is 10.2. The number of thioether (sulfide) groups is 1. The van der Waals surface area contributed by atoms with Crippen LogP contribution in [0.25, 0.3) is 0 Å². The third kappa shape index (κ3) is 4.44. The number of amides is 1. The fourth-order valence-electron chi connectivity index (χ4n) is 1.90. The standard InChI is InChI=1S/C13H21ClN2O2S/c1-4-5-16-7-10(14)6-11(16)13(18)15-9(2)12(8-17)19-3/h6-7,9,12,17H,4-5,8H2,1-3H3,(H,15,18). The van der Waals surface area contributed by atoms with Crippen molar-refractivity contribution in [3.63, 3.8) is 0 Å². The molecule has 4 nitrogen and oxygen atoms in total. The molecule has 0 aliphatic carbocycles. The van der Waals surface area contributed by atoms with Crippen LogP contribution in [0.3, 0.4) is 0 Å². The van der Waals surface area contributed by atoms with Gasteiger partial charge in [0, 0.05) is 24.0 Å². The maximum Gasteiger partial charge on any atom is 0.268 e. The smallest absolute Gasteiger partial charge is 0.268 e. The van der Waals surface area contributed by atoms with Crippen molar-refractivity contribution in [1.82, 2.24) is 9.88 Å². The minimum absolute atomic E-state index is 0.00555. The molecule has 0 aliphatic rings. The fraction of sp³-hybridized carbons (Fsp3) is 0.615. The van der Waals surface area contributed by atoms with Crippen LogP contribution in [0.1, 0.15) is 30.8 Å². The highest BCUT2D eigenvalue weighted by molar-refractivity contribution is 7.99. The van der Waals surface area contributed by atoms with Crippen LogP contribution in [0.5, 0.6) is 0 Å². The summed E-state index contributed by atoms with van der Waals surface area (Å²) >= 11 is 7.49. The molecular weight excluding hydrogens is 284 g/mol. The molecular formula is C13H21ClN2O2S. The zero-order valence-corrected chi connectivity index (χ0v) is 13.1. The topological polar surface area (TPSA) is 54.3 Å². The van der Waals surface area contributed by atoms with E-state index in [1.54, 1.807) is 12.3 Å². The van der Waals surface area contributed by atoms with Gasteiger partial charge in [0.25, 0.3) is 5.91 Å². The molecule has 19 heavy (non-hydrogen) atoms. The van der Waals surface area contributed by atoms with E-state index in [4.69, 9.17) is 11.6 Å². The molecule has 0 aliphatic heterocycles. The first-order valence-electron chi connectivity index (χ1n) is 6.33. The summed E-state index contributed by atoms with van der Waals surface area (Å²) in [4.78, 5) is 12.2. The Bertz CT molecular complexity index is 419. The molecule has 1 heterocycles. The van der Waals surface area contributed by atoms with Crippen molar-refractivity contribution in [2.75, 3.05) is 12.9 Å². The van der Waals surface area contributed by atoms with E-state index in [1.807, 2.05) is 24.7 Å². The predicted molar refractivity (Wildman–Crippen MR) is 81.1 cm³/mol. The Kier molecular flexibility index (Phi) is 6.75. The molecule has 6 heteroatoms. The quantitative estimate of drug-likeness (QED) is 0.813. The van der Waals surface area contributed by atoms with Crippen LogP contribution in [-0.4, -0.2) is 39.7 Å². The van der Waals surface area contributed by atoms with Crippen LogP contribution in [0.2, 0.25) is 5.02 Å². The number of aliphatic hydroxyl groups is 1. The lowest BCUT2D eigenvalue weighted by Crippen LogP contribution is -2.41. The van der Waals surface area contributed by atoms with Gasteiger partial charge >= 0.3 is 0 Å². The largest absolute Gasteiger partial charge is 0.395 e. The Morgan fingerprint density at radius 2 is 2.32 bits per heavy atom. The van der Waals surface area contributed by atoms with Crippen LogP contribution in [0, 0.1) is 0 Å². The van der Waals surface area contributed by atoms with Gasteiger partial charge in [0.15, 0.2) is 0 Å². The maximum absolute atomic E-state index is 12.2. The Balaban J connectivity index is 2.77. The summed E-state index contributed by atoms with van der Waals surface area (Å²) in [6.07, 6.45) is 4.62. The number of aryl methyl sites for hydroxylation is 1. The minimum atomic E-state index is -0.152. The molecule has 2 N–H and O–H groups in total. The third-order valence-electron chi connectivity index (χ3n) is 2.96. The Hall–Kier alpha value is -0.650. The molecule has 0 saturated heterocycles. The van der Waals surface area contributed by atoms with Crippen LogP contribution < -0.4 is 5.32 Å². The molecule has 0 saturated carbocycles. The number of carbonyl (C=O) groups is 1. The summed E-state index contributed by atoms with van der Waals surface area (Å²) in [6, 6.07) is 1.57. The number of aromatic nitrogens is 1. The molecule has 0 bridgehead atoms. The van der Waals surface area contributed by atoms with E-state index < -0.39 is 0 Å². The summed E-state index contributed by atoms with van der Waals surface area (Å²) in [5.74, 6) is -0.152. The molecule has 1 amide bonds. The fourth-order valence-corrected chi connectivity index (χ4v) is 2.75. The van der Waals surface area contributed by atoms with Crippen LogP contribution in [0.4, 0.5) is 0 Å². The highest BCUT2D eigenvalue weighted by Gasteiger charge is 2.20. The van der Waals surface area contributed by atoms with Gasteiger partial charge in [-0.3, -0.25) is 4.79 Å². The summed E-state index contributed by atoms with van der Waals surface area (Å²) in [7, 11) is 0. The van der Waals surface area contributed by atoms with Gasteiger partial charge in [0.1, 0.15) is 5.69 Å². The second-order valence-electron chi connectivity index (χ2n) is 4.46. The number of hydrogen-bond acceptors (Lipinski definition) is 3. The highest BCUT2D eigenvalue weighted by Crippen LogP contribution is 2.16. The van der Waals surface area contributed by atoms with Gasteiger partial charge in [-0.15, -0.1) is 0 Å². The average molecular weight is 305 g/mol. The van der Waals surface area contributed by atoms with Crippen molar-refractivity contribution in [1.29, 1.82) is 0 Å². The number of nitrogens with zero attached hydrogens (tertiary/aromatic N) is 1. The van der Waals surface area contributed by atoms with Gasteiger partial charge in [0.2, 0.25) is 0 Å². The summed E-state index contributed by atoms with van der Waals surface area (Å²) in [5, 5.41) is 12.7. The number of halogens is 1. The van der Waals surface area contributed by atoms with Crippen molar-refractivity contribution < 1.29 is 9.90 Å². The summed E-state index contributed by atoms with van der Waals surface area (Å²) < 4.78 is 1.86. The molecule has 1 aromatic heterocycles. The van der Waals surface area contributed by atoms with Crippen LogP contribution in [-0.2, 0) is 6.54 Å². The van der Waals surface area contributed by atoms with E-state index in [9.17, 15) is 9.90 Å². The first-order valence-corrected chi connectivity index (χ1v) is 8.00. The number of carbonyl (C=O) groups excluding carboxylic acids is 1. The SMILES string of the molecule is CCCn1cc(Cl)cc1C(=O)NC(C)C(CO)SC. The van der Waals surface area contributed by atoms with Crippen molar-refractivity contribution in [3.8, 4) is 0 Å². The first kappa shape index (κ1) is 16.4.